The molecule has 1 aliphatic heterocycles. The smallest absolute Gasteiger partial charge is 0.261 e. The minimum Gasteiger partial charge on any atom is -0.373 e. The van der Waals surface area contributed by atoms with E-state index in [2.05, 4.69) is 10.3 Å². The first-order valence-electron chi connectivity index (χ1n) is 10.7. The Balaban J connectivity index is 1.22. The number of ether oxygens (including phenoxy) is 2. The second-order valence-electron chi connectivity index (χ2n) is 8.15. The van der Waals surface area contributed by atoms with Gasteiger partial charge in [-0.25, -0.2) is 8.42 Å². The highest BCUT2D eigenvalue weighted by atomic mass is 32.2. The van der Waals surface area contributed by atoms with Gasteiger partial charge in [0.2, 0.25) is 0 Å². The van der Waals surface area contributed by atoms with E-state index in [9.17, 15) is 13.2 Å². The molecule has 168 valence electrons. The summed E-state index contributed by atoms with van der Waals surface area (Å²) in [5, 5.41) is 3.43. The van der Waals surface area contributed by atoms with Crippen molar-refractivity contribution in [2.75, 3.05) is 13.2 Å². The number of sulfone groups is 1. The Morgan fingerprint density at radius 3 is 2.66 bits per heavy atom. The maximum Gasteiger partial charge on any atom is 0.261 e. The van der Waals surface area contributed by atoms with Crippen LogP contribution in [-0.2, 0) is 25.9 Å². The van der Waals surface area contributed by atoms with Gasteiger partial charge in [-0.05, 0) is 54.5 Å². The zero-order valence-electron chi connectivity index (χ0n) is 17.4. The van der Waals surface area contributed by atoms with Crippen molar-refractivity contribution in [2.45, 2.75) is 48.2 Å². The molecule has 3 heterocycles. The predicted octanol–water partition coefficient (Wildman–Crippen LogP) is 3.34. The van der Waals surface area contributed by atoms with Gasteiger partial charge in [0.1, 0.15) is 0 Å². The molecule has 1 amide bonds. The fraction of sp³-hybridized carbons (Fsp3) is 0.391. The zero-order valence-corrected chi connectivity index (χ0v) is 19.0. The highest BCUT2D eigenvalue weighted by Crippen LogP contribution is 2.33. The van der Waals surface area contributed by atoms with E-state index in [0.717, 1.165) is 15.6 Å². The molecule has 1 saturated carbocycles. The maximum absolute atomic E-state index is 13.1. The topological polar surface area (TPSA) is 94.6 Å². The van der Waals surface area contributed by atoms with Crippen molar-refractivity contribution in [3.8, 4) is 0 Å². The fourth-order valence-corrected chi connectivity index (χ4v) is 7.10. The number of fused-ring (bicyclic) bond motifs is 2. The van der Waals surface area contributed by atoms with Crippen LogP contribution < -0.4 is 5.32 Å². The van der Waals surface area contributed by atoms with Crippen molar-refractivity contribution >= 4 is 37.2 Å². The van der Waals surface area contributed by atoms with Crippen molar-refractivity contribution in [1.29, 1.82) is 0 Å². The molecule has 3 atom stereocenters. The lowest BCUT2D eigenvalue weighted by Gasteiger charge is -2.38. The first-order valence-corrected chi connectivity index (χ1v) is 13.0. The molecule has 0 spiro atoms. The number of carbonyl (C=O) groups excluding carboxylic acids is 1. The van der Waals surface area contributed by atoms with Gasteiger partial charge in [0.05, 0.1) is 45.1 Å². The van der Waals surface area contributed by atoms with Crippen LogP contribution in [0.25, 0.3) is 10.1 Å². The zero-order chi connectivity index (χ0) is 22.1. The van der Waals surface area contributed by atoms with Crippen LogP contribution in [0.15, 0.2) is 53.7 Å². The third-order valence-corrected chi connectivity index (χ3v) is 9.44. The summed E-state index contributed by atoms with van der Waals surface area (Å²) in [7, 11) is -3.45. The molecule has 9 heteroatoms. The molecule has 0 bridgehead atoms. The molecule has 0 radical (unpaired) electrons. The molecule has 5 rings (SSSR count). The van der Waals surface area contributed by atoms with Gasteiger partial charge in [0, 0.05) is 18.9 Å². The molecule has 7 nitrogen and oxygen atoms in total. The number of nitrogens with zero attached hydrogens (tertiary/aromatic N) is 1. The quantitative estimate of drug-likeness (QED) is 0.612. The van der Waals surface area contributed by atoms with Gasteiger partial charge >= 0.3 is 0 Å². The highest BCUT2D eigenvalue weighted by molar-refractivity contribution is 7.92. The Kier molecular flexibility index (Phi) is 5.98. The van der Waals surface area contributed by atoms with E-state index in [0.29, 0.717) is 48.8 Å². The van der Waals surface area contributed by atoms with Crippen molar-refractivity contribution in [2.24, 2.45) is 0 Å². The molecular formula is C23H24N2O5S2. The number of hydrogen-bond acceptors (Lipinski definition) is 7. The Bertz CT molecular complexity index is 1190. The van der Waals surface area contributed by atoms with Gasteiger partial charge < -0.3 is 14.8 Å². The average molecular weight is 473 g/mol. The molecule has 1 aromatic carbocycles. The number of pyridine rings is 1. The van der Waals surface area contributed by atoms with Crippen LogP contribution in [0.3, 0.4) is 0 Å². The molecule has 1 N–H and O–H groups in total. The van der Waals surface area contributed by atoms with Crippen LogP contribution in [0.1, 0.15) is 34.5 Å². The largest absolute Gasteiger partial charge is 0.373 e. The number of carbonyl (C=O) groups is 1. The highest BCUT2D eigenvalue weighted by Gasteiger charge is 2.40. The van der Waals surface area contributed by atoms with Crippen LogP contribution in [0.5, 0.6) is 0 Å². The first-order chi connectivity index (χ1) is 15.5. The van der Waals surface area contributed by atoms with E-state index >= 15 is 0 Å². The van der Waals surface area contributed by atoms with Gasteiger partial charge in [-0.2, -0.15) is 0 Å². The van der Waals surface area contributed by atoms with E-state index < -0.39 is 15.1 Å². The third kappa shape index (κ3) is 4.30. The summed E-state index contributed by atoms with van der Waals surface area (Å²) in [6.07, 6.45) is 5.07. The Morgan fingerprint density at radius 2 is 1.88 bits per heavy atom. The number of thiophene rings is 1. The Hall–Kier alpha value is -2.33. The summed E-state index contributed by atoms with van der Waals surface area (Å²) in [5.74, 6) is -0.158. The van der Waals surface area contributed by atoms with Crippen LogP contribution >= 0.6 is 11.3 Å². The minimum atomic E-state index is -3.45. The van der Waals surface area contributed by atoms with E-state index in [-0.39, 0.29) is 18.1 Å². The van der Waals surface area contributed by atoms with Gasteiger partial charge in [-0.15, -0.1) is 11.3 Å². The van der Waals surface area contributed by atoms with Crippen molar-refractivity contribution < 1.29 is 22.7 Å². The Morgan fingerprint density at radius 1 is 1.09 bits per heavy atom. The molecule has 2 aliphatic rings. The van der Waals surface area contributed by atoms with Crippen LogP contribution in [-0.4, -0.2) is 50.0 Å². The van der Waals surface area contributed by atoms with E-state index in [1.54, 1.807) is 36.7 Å². The standard InChI is InChI=1S/C23H24N2O5S2/c26-23(21-11-16-7-8-24-14-22(16)31-21)25-13-15-1-3-17(4-2-15)32(27,28)18-5-6-19-20(12-18)30-10-9-29-19/h1-4,7-8,11,14,18-20H,5-6,9-10,12-13H2,(H,25,26). The molecule has 2 aromatic heterocycles. The molecule has 1 saturated heterocycles. The number of hydrogen-bond donors (Lipinski definition) is 1. The molecule has 1 aliphatic carbocycles. The van der Waals surface area contributed by atoms with Gasteiger partial charge in [-0.1, -0.05) is 12.1 Å². The Labute approximate surface area is 190 Å². The molecule has 3 unspecified atom stereocenters. The summed E-state index contributed by atoms with van der Waals surface area (Å²) in [6, 6.07) is 10.5. The average Bonchev–Trinajstić information content (AvgIpc) is 3.27. The lowest BCUT2D eigenvalue weighted by molar-refractivity contribution is -0.153. The predicted molar refractivity (Wildman–Crippen MR) is 122 cm³/mol. The number of aromatic nitrogens is 1. The van der Waals surface area contributed by atoms with Crippen LogP contribution in [0.4, 0.5) is 0 Å². The second kappa shape index (κ2) is 8.90. The van der Waals surface area contributed by atoms with E-state index in [4.69, 9.17) is 9.47 Å². The number of benzene rings is 1. The summed E-state index contributed by atoms with van der Waals surface area (Å²) in [6.45, 7) is 1.42. The van der Waals surface area contributed by atoms with E-state index in [1.165, 1.54) is 11.3 Å². The van der Waals surface area contributed by atoms with Crippen molar-refractivity contribution in [3.05, 3.63) is 59.2 Å². The van der Waals surface area contributed by atoms with Gasteiger partial charge in [-0.3, -0.25) is 9.78 Å². The molecule has 3 aromatic rings. The fourth-order valence-electron chi connectivity index (χ4n) is 4.37. The molecule has 32 heavy (non-hydrogen) atoms. The monoisotopic (exact) mass is 472 g/mol. The minimum absolute atomic E-state index is 0.0124. The van der Waals surface area contributed by atoms with Crippen molar-refractivity contribution in [1.82, 2.24) is 10.3 Å². The van der Waals surface area contributed by atoms with Gasteiger partial charge in [0.25, 0.3) is 5.91 Å². The van der Waals surface area contributed by atoms with Crippen molar-refractivity contribution in [3.63, 3.8) is 0 Å². The summed E-state index contributed by atoms with van der Waals surface area (Å²) in [5.41, 5.74) is 0.841. The summed E-state index contributed by atoms with van der Waals surface area (Å²) >= 11 is 1.40. The SMILES string of the molecule is O=C(NCc1ccc(S(=O)(=O)C2CCC3OCCOC3C2)cc1)c1cc2ccncc2s1. The van der Waals surface area contributed by atoms with E-state index in [1.807, 2.05) is 12.1 Å². The number of nitrogens with one attached hydrogen (secondary N) is 1. The lowest BCUT2D eigenvalue weighted by Crippen LogP contribution is -2.46. The molecule has 2 fully saturated rings. The first kappa shape index (κ1) is 21.5. The summed E-state index contributed by atoms with van der Waals surface area (Å²) in [4.78, 5) is 17.5. The third-order valence-electron chi connectivity index (χ3n) is 6.12. The number of amides is 1. The lowest BCUT2D eigenvalue weighted by atomic mass is 9.93. The second-order valence-corrected chi connectivity index (χ2v) is 11.5. The van der Waals surface area contributed by atoms with Crippen LogP contribution in [0.2, 0.25) is 0 Å². The summed E-state index contributed by atoms with van der Waals surface area (Å²) < 4.78 is 38.7. The number of rotatable bonds is 5. The normalized spacial score (nSPS) is 23.6. The maximum atomic E-state index is 13.1. The molecular weight excluding hydrogens is 448 g/mol. The van der Waals surface area contributed by atoms with Gasteiger partial charge in [0.15, 0.2) is 9.84 Å². The van der Waals surface area contributed by atoms with Crippen LogP contribution in [0, 0.1) is 0 Å².